The monoisotopic (exact) mass is 279 g/mol. The van der Waals surface area contributed by atoms with E-state index in [4.69, 9.17) is 4.74 Å². The highest BCUT2D eigenvalue weighted by Crippen LogP contribution is 2.43. The number of nitrogens with one attached hydrogen (secondary N) is 1. The highest BCUT2D eigenvalue weighted by molar-refractivity contribution is 5.29. The van der Waals surface area contributed by atoms with Crippen molar-refractivity contribution in [2.45, 2.75) is 58.1 Å². The van der Waals surface area contributed by atoms with E-state index in [-0.39, 0.29) is 17.5 Å². The molecule has 1 fully saturated rings. The minimum absolute atomic E-state index is 0.0735. The summed E-state index contributed by atoms with van der Waals surface area (Å²) >= 11 is 0. The van der Waals surface area contributed by atoms with Gasteiger partial charge < -0.3 is 10.1 Å². The van der Waals surface area contributed by atoms with Crippen LogP contribution >= 0.6 is 0 Å². The van der Waals surface area contributed by atoms with Gasteiger partial charge in [0.2, 0.25) is 0 Å². The maximum atomic E-state index is 13.8. The fraction of sp³-hybridized carbons (Fsp3) is 0.647. The van der Waals surface area contributed by atoms with Crippen molar-refractivity contribution in [1.29, 1.82) is 0 Å². The van der Waals surface area contributed by atoms with E-state index < -0.39 is 0 Å². The SMILES string of the molecule is CCNC(c1cc(C)cc(F)c1)C1(OCC)CCCC1. The number of aryl methyl sites for hydroxylation is 1. The molecule has 1 aliphatic carbocycles. The van der Waals surface area contributed by atoms with Crippen molar-refractivity contribution in [2.24, 2.45) is 0 Å². The highest BCUT2D eigenvalue weighted by atomic mass is 19.1. The number of benzene rings is 1. The molecule has 1 N–H and O–H groups in total. The summed E-state index contributed by atoms with van der Waals surface area (Å²) in [5.41, 5.74) is 1.80. The molecule has 0 aromatic heterocycles. The standard InChI is InChI=1S/C17H26FNO/c1-4-19-16(14-10-13(3)11-15(18)12-14)17(20-5-2)8-6-7-9-17/h10-12,16,19H,4-9H2,1-3H3. The van der Waals surface area contributed by atoms with Crippen molar-refractivity contribution in [3.05, 3.63) is 35.1 Å². The minimum atomic E-state index is -0.176. The number of rotatable bonds is 6. The van der Waals surface area contributed by atoms with Crippen LogP contribution in [0, 0.1) is 12.7 Å². The van der Waals surface area contributed by atoms with E-state index in [2.05, 4.69) is 18.3 Å². The molecular weight excluding hydrogens is 253 g/mol. The van der Waals surface area contributed by atoms with Crippen LogP contribution in [0.1, 0.15) is 56.7 Å². The summed E-state index contributed by atoms with van der Waals surface area (Å²) in [5, 5.41) is 3.53. The van der Waals surface area contributed by atoms with Gasteiger partial charge >= 0.3 is 0 Å². The van der Waals surface area contributed by atoms with Gasteiger partial charge in [-0.1, -0.05) is 25.8 Å². The maximum Gasteiger partial charge on any atom is 0.123 e. The molecule has 0 aliphatic heterocycles. The average molecular weight is 279 g/mol. The van der Waals surface area contributed by atoms with Gasteiger partial charge in [-0.3, -0.25) is 0 Å². The summed E-state index contributed by atoms with van der Waals surface area (Å²) in [6.45, 7) is 7.64. The van der Waals surface area contributed by atoms with E-state index in [1.807, 2.05) is 13.8 Å². The molecule has 3 heteroatoms. The summed E-state index contributed by atoms with van der Waals surface area (Å²) in [5.74, 6) is -0.160. The Kier molecular flexibility index (Phi) is 5.17. The second-order valence-electron chi connectivity index (χ2n) is 5.76. The lowest BCUT2D eigenvalue weighted by molar-refractivity contribution is -0.0623. The van der Waals surface area contributed by atoms with Crippen LogP contribution in [0.15, 0.2) is 18.2 Å². The summed E-state index contributed by atoms with van der Waals surface area (Å²) in [4.78, 5) is 0. The van der Waals surface area contributed by atoms with Crippen molar-refractivity contribution in [3.63, 3.8) is 0 Å². The Balaban J connectivity index is 2.38. The van der Waals surface area contributed by atoms with Crippen molar-refractivity contribution in [3.8, 4) is 0 Å². The zero-order valence-corrected chi connectivity index (χ0v) is 12.8. The number of hydrogen-bond acceptors (Lipinski definition) is 2. The molecule has 0 heterocycles. The molecule has 1 aromatic rings. The molecular formula is C17H26FNO. The van der Waals surface area contributed by atoms with E-state index in [9.17, 15) is 4.39 Å². The number of hydrogen-bond donors (Lipinski definition) is 1. The van der Waals surface area contributed by atoms with Crippen LogP contribution in [0.4, 0.5) is 4.39 Å². The van der Waals surface area contributed by atoms with Crippen LogP contribution in [-0.4, -0.2) is 18.8 Å². The van der Waals surface area contributed by atoms with Gasteiger partial charge in [-0.2, -0.15) is 0 Å². The lowest BCUT2D eigenvalue weighted by atomic mass is 9.86. The van der Waals surface area contributed by atoms with Crippen molar-refractivity contribution in [2.75, 3.05) is 13.2 Å². The first kappa shape index (κ1) is 15.5. The third-order valence-electron chi connectivity index (χ3n) is 4.21. The second-order valence-corrected chi connectivity index (χ2v) is 5.76. The van der Waals surface area contributed by atoms with Crippen LogP contribution < -0.4 is 5.32 Å². The first-order valence-electron chi connectivity index (χ1n) is 7.75. The molecule has 112 valence electrons. The Hall–Kier alpha value is -0.930. The normalized spacial score (nSPS) is 19.2. The van der Waals surface area contributed by atoms with Crippen molar-refractivity contribution < 1.29 is 9.13 Å². The lowest BCUT2D eigenvalue weighted by Crippen LogP contribution is -2.44. The first-order chi connectivity index (χ1) is 9.61. The Labute approximate surface area is 121 Å². The van der Waals surface area contributed by atoms with Gasteiger partial charge in [0.25, 0.3) is 0 Å². The zero-order valence-electron chi connectivity index (χ0n) is 12.8. The molecule has 2 rings (SSSR count). The predicted molar refractivity (Wildman–Crippen MR) is 80.4 cm³/mol. The molecule has 2 nitrogen and oxygen atoms in total. The molecule has 0 saturated heterocycles. The van der Waals surface area contributed by atoms with Crippen LogP contribution in [0.3, 0.4) is 0 Å². The molecule has 1 saturated carbocycles. The molecule has 20 heavy (non-hydrogen) atoms. The Bertz CT molecular complexity index is 420. The van der Waals surface area contributed by atoms with Gasteiger partial charge in [0.05, 0.1) is 11.6 Å². The van der Waals surface area contributed by atoms with Gasteiger partial charge in [-0.05, 0) is 56.5 Å². The van der Waals surface area contributed by atoms with E-state index in [0.717, 1.165) is 30.5 Å². The fourth-order valence-electron chi connectivity index (χ4n) is 3.52. The molecule has 1 unspecified atom stereocenters. The third kappa shape index (κ3) is 3.21. The molecule has 0 spiro atoms. The summed E-state index contributed by atoms with van der Waals surface area (Å²) in [6, 6.07) is 5.38. The van der Waals surface area contributed by atoms with Gasteiger partial charge in [-0.25, -0.2) is 4.39 Å². The molecule has 0 amide bonds. The third-order valence-corrected chi connectivity index (χ3v) is 4.21. The van der Waals surface area contributed by atoms with Crippen LogP contribution in [-0.2, 0) is 4.74 Å². The van der Waals surface area contributed by atoms with Gasteiger partial charge in [0, 0.05) is 6.61 Å². The zero-order chi connectivity index (χ0) is 14.6. The van der Waals surface area contributed by atoms with E-state index in [0.29, 0.717) is 6.61 Å². The van der Waals surface area contributed by atoms with Crippen LogP contribution in [0.5, 0.6) is 0 Å². The fourth-order valence-corrected chi connectivity index (χ4v) is 3.52. The first-order valence-corrected chi connectivity index (χ1v) is 7.75. The molecule has 1 aromatic carbocycles. The topological polar surface area (TPSA) is 21.3 Å². The number of ether oxygens (including phenoxy) is 1. The predicted octanol–water partition coefficient (Wildman–Crippen LogP) is 4.13. The average Bonchev–Trinajstić information content (AvgIpc) is 2.84. The summed E-state index contributed by atoms with van der Waals surface area (Å²) < 4.78 is 19.9. The Morgan fingerprint density at radius 2 is 1.95 bits per heavy atom. The van der Waals surface area contributed by atoms with Crippen molar-refractivity contribution >= 4 is 0 Å². The van der Waals surface area contributed by atoms with Crippen molar-refractivity contribution in [1.82, 2.24) is 5.32 Å². The minimum Gasteiger partial charge on any atom is -0.373 e. The Morgan fingerprint density at radius 3 is 2.50 bits per heavy atom. The van der Waals surface area contributed by atoms with Gasteiger partial charge in [-0.15, -0.1) is 0 Å². The largest absolute Gasteiger partial charge is 0.373 e. The van der Waals surface area contributed by atoms with Crippen LogP contribution in [0.2, 0.25) is 0 Å². The molecule has 0 bridgehead atoms. The van der Waals surface area contributed by atoms with Gasteiger partial charge in [0.15, 0.2) is 0 Å². The second kappa shape index (κ2) is 6.68. The smallest absolute Gasteiger partial charge is 0.123 e. The highest BCUT2D eigenvalue weighted by Gasteiger charge is 2.42. The molecule has 0 radical (unpaired) electrons. The Morgan fingerprint density at radius 1 is 1.25 bits per heavy atom. The quantitative estimate of drug-likeness (QED) is 0.845. The molecule has 1 aliphatic rings. The summed E-state index contributed by atoms with van der Waals surface area (Å²) in [7, 11) is 0. The van der Waals surface area contributed by atoms with Gasteiger partial charge in [0.1, 0.15) is 5.82 Å². The van der Waals surface area contributed by atoms with E-state index >= 15 is 0 Å². The molecule has 1 atom stereocenters. The lowest BCUT2D eigenvalue weighted by Gasteiger charge is -2.38. The van der Waals surface area contributed by atoms with E-state index in [1.54, 1.807) is 12.1 Å². The van der Waals surface area contributed by atoms with E-state index in [1.165, 1.54) is 12.8 Å². The number of halogens is 1. The maximum absolute atomic E-state index is 13.8. The summed E-state index contributed by atoms with van der Waals surface area (Å²) in [6.07, 6.45) is 4.48. The van der Waals surface area contributed by atoms with Crippen LogP contribution in [0.25, 0.3) is 0 Å². The number of likely N-dealkylation sites (N-methyl/N-ethyl adjacent to an activating group) is 1.